The average molecular weight is 596 g/mol. The predicted octanol–water partition coefficient (Wildman–Crippen LogP) is 11.0. The van der Waals surface area contributed by atoms with Gasteiger partial charge in [-0.15, -0.1) is 0 Å². The van der Waals surface area contributed by atoms with Crippen LogP contribution in [0.5, 0.6) is 0 Å². The van der Waals surface area contributed by atoms with Gasteiger partial charge in [0.2, 0.25) is 0 Å². The fourth-order valence-electron chi connectivity index (χ4n) is 5.46. The molecule has 0 saturated carbocycles. The molecule has 5 nitrogen and oxygen atoms in total. The highest BCUT2D eigenvalue weighted by molar-refractivity contribution is 5.69. The Balaban J connectivity index is 3.31. The molecule has 0 aromatic rings. The standard InChI is InChI=1S/C37H73NO4/c1-4-6-8-10-16-22-28-34-41-36(39)30-24-18-12-14-20-26-32-38(3)33-27-21-15-13-19-25-31-37(40)42-35-29-23-17-11-9-7-5-2/h4-35H2,1-3H3. The monoisotopic (exact) mass is 596 g/mol. The van der Waals surface area contributed by atoms with E-state index in [4.69, 9.17) is 9.47 Å². The molecule has 0 fully saturated rings. The third-order valence-corrected chi connectivity index (χ3v) is 8.36. The Morgan fingerprint density at radius 1 is 0.405 bits per heavy atom. The van der Waals surface area contributed by atoms with Crippen molar-refractivity contribution in [3.63, 3.8) is 0 Å². The van der Waals surface area contributed by atoms with Gasteiger partial charge in [-0.2, -0.15) is 0 Å². The molecule has 0 aliphatic carbocycles. The molecule has 0 radical (unpaired) electrons. The van der Waals surface area contributed by atoms with E-state index >= 15 is 0 Å². The molecule has 42 heavy (non-hydrogen) atoms. The van der Waals surface area contributed by atoms with Gasteiger partial charge in [-0.3, -0.25) is 9.59 Å². The predicted molar refractivity (Wildman–Crippen MR) is 180 cm³/mol. The minimum atomic E-state index is -0.00310. The Morgan fingerprint density at radius 3 is 1.05 bits per heavy atom. The molecule has 0 atom stereocenters. The smallest absolute Gasteiger partial charge is 0.305 e. The number of hydrogen-bond acceptors (Lipinski definition) is 5. The van der Waals surface area contributed by atoms with Gasteiger partial charge in [0.15, 0.2) is 0 Å². The molecule has 0 spiro atoms. The van der Waals surface area contributed by atoms with E-state index in [-0.39, 0.29) is 11.9 Å². The number of ether oxygens (including phenoxy) is 2. The van der Waals surface area contributed by atoms with Gasteiger partial charge < -0.3 is 14.4 Å². The van der Waals surface area contributed by atoms with Crippen LogP contribution >= 0.6 is 0 Å². The fraction of sp³-hybridized carbons (Fsp3) is 0.946. The summed E-state index contributed by atoms with van der Waals surface area (Å²) in [7, 11) is 2.25. The highest BCUT2D eigenvalue weighted by Gasteiger charge is 2.04. The van der Waals surface area contributed by atoms with Gasteiger partial charge in [-0.1, -0.05) is 142 Å². The fourth-order valence-corrected chi connectivity index (χ4v) is 5.46. The van der Waals surface area contributed by atoms with Gasteiger partial charge in [-0.05, 0) is 58.7 Å². The van der Waals surface area contributed by atoms with Crippen LogP contribution in [0.4, 0.5) is 0 Å². The first-order chi connectivity index (χ1) is 20.6. The van der Waals surface area contributed by atoms with Crippen LogP contribution in [-0.4, -0.2) is 50.2 Å². The molecule has 0 aromatic carbocycles. The third-order valence-electron chi connectivity index (χ3n) is 8.36. The van der Waals surface area contributed by atoms with Crippen molar-refractivity contribution in [3.05, 3.63) is 0 Å². The minimum absolute atomic E-state index is 0.00310. The van der Waals surface area contributed by atoms with Crippen LogP contribution in [-0.2, 0) is 19.1 Å². The molecule has 0 rings (SSSR count). The normalized spacial score (nSPS) is 11.3. The van der Waals surface area contributed by atoms with Crippen LogP contribution in [0, 0.1) is 0 Å². The van der Waals surface area contributed by atoms with E-state index in [1.54, 1.807) is 0 Å². The molecular formula is C37H73NO4. The van der Waals surface area contributed by atoms with Gasteiger partial charge in [0.05, 0.1) is 13.2 Å². The molecule has 0 amide bonds. The molecule has 250 valence electrons. The van der Waals surface area contributed by atoms with Crippen molar-refractivity contribution in [1.82, 2.24) is 4.90 Å². The van der Waals surface area contributed by atoms with Crippen molar-refractivity contribution in [2.24, 2.45) is 0 Å². The maximum absolute atomic E-state index is 11.9. The highest BCUT2D eigenvalue weighted by atomic mass is 16.5. The van der Waals surface area contributed by atoms with E-state index in [0.29, 0.717) is 26.1 Å². The van der Waals surface area contributed by atoms with E-state index < -0.39 is 0 Å². The van der Waals surface area contributed by atoms with E-state index in [1.807, 2.05) is 0 Å². The summed E-state index contributed by atoms with van der Waals surface area (Å²) in [5.74, 6) is -0.00620. The lowest BCUT2D eigenvalue weighted by Gasteiger charge is -2.16. The lowest BCUT2D eigenvalue weighted by atomic mass is 10.1. The zero-order valence-electron chi connectivity index (χ0n) is 28.7. The van der Waals surface area contributed by atoms with Gasteiger partial charge in [-0.25, -0.2) is 0 Å². The van der Waals surface area contributed by atoms with Crippen molar-refractivity contribution < 1.29 is 19.1 Å². The first kappa shape index (κ1) is 40.9. The second kappa shape index (κ2) is 34.4. The SMILES string of the molecule is CCCCCCCCCOC(=O)CCCCCCCCN(C)CCCCCCCCC(=O)OCCCCCCCCC. The van der Waals surface area contributed by atoms with Crippen LogP contribution in [0.3, 0.4) is 0 Å². The van der Waals surface area contributed by atoms with Crippen LogP contribution < -0.4 is 0 Å². The van der Waals surface area contributed by atoms with Crippen LogP contribution in [0.2, 0.25) is 0 Å². The quantitative estimate of drug-likeness (QED) is 0.0547. The Morgan fingerprint density at radius 2 is 0.690 bits per heavy atom. The molecule has 0 unspecified atom stereocenters. The average Bonchev–Trinajstić information content (AvgIpc) is 2.98. The summed E-state index contributed by atoms with van der Waals surface area (Å²) < 4.78 is 10.8. The first-order valence-electron chi connectivity index (χ1n) is 18.6. The Hall–Kier alpha value is -1.10. The molecule has 0 aliphatic rings. The van der Waals surface area contributed by atoms with E-state index in [2.05, 4.69) is 25.8 Å². The minimum Gasteiger partial charge on any atom is -0.466 e. The first-order valence-corrected chi connectivity index (χ1v) is 18.6. The lowest BCUT2D eigenvalue weighted by Crippen LogP contribution is -2.20. The number of esters is 2. The van der Waals surface area contributed by atoms with Gasteiger partial charge in [0, 0.05) is 12.8 Å². The maximum Gasteiger partial charge on any atom is 0.305 e. The molecule has 0 aliphatic heterocycles. The second-order valence-corrected chi connectivity index (χ2v) is 12.7. The van der Waals surface area contributed by atoms with Gasteiger partial charge >= 0.3 is 11.9 Å². The van der Waals surface area contributed by atoms with Crippen molar-refractivity contribution in [1.29, 1.82) is 0 Å². The zero-order chi connectivity index (χ0) is 30.8. The Labute approximate surface area is 262 Å². The molecule has 5 heteroatoms. The van der Waals surface area contributed by atoms with Crippen molar-refractivity contribution >= 4 is 11.9 Å². The maximum atomic E-state index is 11.9. The zero-order valence-corrected chi connectivity index (χ0v) is 28.7. The van der Waals surface area contributed by atoms with Crippen molar-refractivity contribution in [2.45, 2.75) is 194 Å². The molecule has 0 heterocycles. The summed E-state index contributed by atoms with van der Waals surface area (Å²) in [5, 5.41) is 0. The Kier molecular flexibility index (Phi) is 33.5. The summed E-state index contributed by atoms with van der Waals surface area (Å²) in [5.41, 5.74) is 0. The second-order valence-electron chi connectivity index (χ2n) is 12.7. The topological polar surface area (TPSA) is 55.8 Å². The summed E-state index contributed by atoms with van der Waals surface area (Å²) >= 11 is 0. The highest BCUT2D eigenvalue weighted by Crippen LogP contribution is 2.12. The molecule has 0 aromatic heterocycles. The molecule has 0 bridgehead atoms. The summed E-state index contributed by atoms with van der Waals surface area (Å²) in [6.45, 7) is 8.08. The van der Waals surface area contributed by atoms with Crippen LogP contribution in [0.15, 0.2) is 0 Å². The number of unbranched alkanes of at least 4 members (excludes halogenated alkanes) is 22. The van der Waals surface area contributed by atoms with Crippen LogP contribution in [0.1, 0.15) is 194 Å². The summed E-state index contributed by atoms with van der Waals surface area (Å²) in [6, 6.07) is 0. The van der Waals surface area contributed by atoms with Gasteiger partial charge in [0.25, 0.3) is 0 Å². The van der Waals surface area contributed by atoms with E-state index in [0.717, 1.165) is 38.5 Å². The molecular weight excluding hydrogens is 522 g/mol. The Bertz CT molecular complexity index is 520. The molecule has 0 saturated heterocycles. The number of rotatable bonds is 34. The summed E-state index contributed by atoms with van der Waals surface area (Å²) in [4.78, 5) is 26.2. The largest absolute Gasteiger partial charge is 0.466 e. The van der Waals surface area contributed by atoms with Crippen LogP contribution in [0.25, 0.3) is 0 Å². The lowest BCUT2D eigenvalue weighted by molar-refractivity contribution is -0.144. The summed E-state index contributed by atoms with van der Waals surface area (Å²) in [6.07, 6.45) is 33.1. The number of carbonyl (C=O) groups excluding carboxylic acids is 2. The number of nitrogens with zero attached hydrogens (tertiary/aromatic N) is 1. The number of hydrogen-bond donors (Lipinski definition) is 0. The van der Waals surface area contributed by atoms with Crippen molar-refractivity contribution in [2.75, 3.05) is 33.4 Å². The van der Waals surface area contributed by atoms with Crippen molar-refractivity contribution in [3.8, 4) is 0 Å². The van der Waals surface area contributed by atoms with Gasteiger partial charge in [0.1, 0.15) is 0 Å². The number of carbonyl (C=O) groups is 2. The van der Waals surface area contributed by atoms with E-state index in [1.165, 1.54) is 142 Å². The third kappa shape index (κ3) is 33.4. The molecule has 0 N–H and O–H groups in total. The van der Waals surface area contributed by atoms with E-state index in [9.17, 15) is 9.59 Å².